The Labute approximate surface area is 187 Å². The van der Waals surface area contributed by atoms with Crippen LogP contribution in [0, 0.1) is 6.92 Å². The van der Waals surface area contributed by atoms with Gasteiger partial charge in [0.05, 0.1) is 17.3 Å². The lowest BCUT2D eigenvalue weighted by atomic mass is 10.00. The van der Waals surface area contributed by atoms with Crippen molar-refractivity contribution in [2.75, 3.05) is 0 Å². The number of pyridine rings is 1. The van der Waals surface area contributed by atoms with Crippen LogP contribution in [0.2, 0.25) is 0 Å². The minimum absolute atomic E-state index is 0.116. The van der Waals surface area contributed by atoms with Gasteiger partial charge in [-0.25, -0.2) is 4.98 Å². The summed E-state index contributed by atoms with van der Waals surface area (Å²) >= 11 is 0. The van der Waals surface area contributed by atoms with Gasteiger partial charge in [0.1, 0.15) is 17.4 Å². The molecule has 4 aromatic rings. The Bertz CT molecular complexity index is 1330. The molecule has 0 radical (unpaired) electrons. The van der Waals surface area contributed by atoms with Gasteiger partial charge in [-0.15, -0.1) is 10.2 Å². The van der Waals surface area contributed by atoms with E-state index in [1.54, 1.807) is 6.07 Å². The van der Waals surface area contributed by atoms with Crippen molar-refractivity contribution < 1.29 is 18.3 Å². The summed E-state index contributed by atoms with van der Waals surface area (Å²) in [5.74, 6) is 1.76. The Morgan fingerprint density at radius 1 is 1.15 bits per heavy atom. The average Bonchev–Trinajstić information content (AvgIpc) is 3.35. The standard InChI is InChI=1S/C23H23F3N6O/c1-12(2)22-29-28-19-7-5-16(11-31(19)22)32-10-14-4-6-17(27-21(14)30-32)20-13(3)8-15(9-18(20)33)23(24,25)26/h4,6,8-10,12,16,33H,5,7,11H2,1-3H3/t16-/m1/s1. The number of phenols is 1. The van der Waals surface area contributed by atoms with Crippen LogP contribution < -0.4 is 0 Å². The lowest BCUT2D eigenvalue weighted by molar-refractivity contribution is -0.137. The number of nitrogens with zero attached hydrogens (tertiary/aromatic N) is 6. The van der Waals surface area contributed by atoms with E-state index >= 15 is 0 Å². The fraction of sp³-hybridized carbons (Fsp3) is 0.391. The number of hydrogen-bond donors (Lipinski definition) is 1. The van der Waals surface area contributed by atoms with Crippen molar-refractivity contribution in [2.45, 2.75) is 58.3 Å². The zero-order chi connectivity index (χ0) is 23.5. The van der Waals surface area contributed by atoms with Crippen molar-refractivity contribution in [3.63, 3.8) is 0 Å². The molecule has 7 nitrogen and oxygen atoms in total. The molecule has 1 N–H and O–H groups in total. The number of benzene rings is 1. The molecule has 0 fully saturated rings. The molecule has 1 aliphatic heterocycles. The minimum atomic E-state index is -4.53. The van der Waals surface area contributed by atoms with Crippen LogP contribution in [0.3, 0.4) is 0 Å². The molecular weight excluding hydrogens is 433 g/mol. The third kappa shape index (κ3) is 3.73. The van der Waals surface area contributed by atoms with Crippen LogP contribution in [0.5, 0.6) is 5.75 Å². The van der Waals surface area contributed by atoms with E-state index < -0.39 is 17.5 Å². The Hall–Kier alpha value is -3.43. The number of aromatic nitrogens is 6. The molecule has 172 valence electrons. The summed E-state index contributed by atoms with van der Waals surface area (Å²) in [6.45, 7) is 6.43. The van der Waals surface area contributed by atoms with Crippen LogP contribution in [0.15, 0.2) is 30.5 Å². The average molecular weight is 456 g/mol. The van der Waals surface area contributed by atoms with Crippen molar-refractivity contribution in [1.82, 2.24) is 29.5 Å². The number of hydrogen-bond acceptors (Lipinski definition) is 5. The van der Waals surface area contributed by atoms with E-state index in [0.29, 0.717) is 16.9 Å². The van der Waals surface area contributed by atoms with Crippen molar-refractivity contribution in [3.8, 4) is 17.0 Å². The second kappa shape index (κ2) is 7.57. The van der Waals surface area contributed by atoms with Gasteiger partial charge in [-0.05, 0) is 43.2 Å². The highest BCUT2D eigenvalue weighted by Crippen LogP contribution is 2.39. The summed E-state index contributed by atoms with van der Waals surface area (Å²) in [5.41, 5.74) is 0.529. The molecule has 1 aliphatic rings. The summed E-state index contributed by atoms with van der Waals surface area (Å²) in [7, 11) is 0. The van der Waals surface area contributed by atoms with Crippen molar-refractivity contribution >= 4 is 11.0 Å². The highest BCUT2D eigenvalue weighted by Gasteiger charge is 2.32. The third-order valence-electron chi connectivity index (χ3n) is 6.13. The SMILES string of the molecule is Cc1cc(C(F)(F)F)cc(O)c1-c1ccc2cn([C@@H]3CCc4nnc(C(C)C)n4C3)nc2n1. The number of aromatic hydroxyl groups is 1. The maximum absolute atomic E-state index is 13.1. The number of halogens is 3. The number of rotatable bonds is 3. The number of aryl methyl sites for hydroxylation is 2. The zero-order valence-corrected chi connectivity index (χ0v) is 18.4. The smallest absolute Gasteiger partial charge is 0.416 e. The Kier molecular flexibility index (Phi) is 4.91. The molecule has 0 saturated heterocycles. The van der Waals surface area contributed by atoms with Gasteiger partial charge in [0, 0.05) is 36.0 Å². The van der Waals surface area contributed by atoms with Crippen molar-refractivity contribution in [2.24, 2.45) is 0 Å². The second-order valence-corrected chi connectivity index (χ2v) is 8.84. The normalized spacial score (nSPS) is 16.5. The van der Waals surface area contributed by atoms with E-state index in [0.717, 1.165) is 48.6 Å². The molecule has 0 saturated carbocycles. The Morgan fingerprint density at radius 3 is 2.64 bits per heavy atom. The molecule has 10 heteroatoms. The van der Waals surface area contributed by atoms with Gasteiger partial charge >= 0.3 is 6.18 Å². The van der Waals surface area contributed by atoms with E-state index in [1.165, 1.54) is 6.92 Å². The van der Waals surface area contributed by atoms with E-state index in [-0.39, 0.29) is 17.5 Å². The summed E-state index contributed by atoms with van der Waals surface area (Å²) in [6.07, 6.45) is -0.925. The van der Waals surface area contributed by atoms with Gasteiger partial charge in [0.2, 0.25) is 0 Å². The molecule has 5 rings (SSSR count). The molecule has 0 unspecified atom stereocenters. The van der Waals surface area contributed by atoms with Gasteiger partial charge in [-0.3, -0.25) is 4.68 Å². The van der Waals surface area contributed by atoms with Crippen LogP contribution in [0.4, 0.5) is 13.2 Å². The van der Waals surface area contributed by atoms with Crippen LogP contribution in [0.25, 0.3) is 22.3 Å². The van der Waals surface area contributed by atoms with Crippen molar-refractivity contribution in [3.05, 3.63) is 53.2 Å². The monoisotopic (exact) mass is 456 g/mol. The number of phenolic OH excluding ortho intramolecular Hbond substituents is 1. The van der Waals surface area contributed by atoms with Gasteiger partial charge in [-0.2, -0.15) is 18.3 Å². The molecule has 0 bridgehead atoms. The van der Waals surface area contributed by atoms with Crippen LogP contribution >= 0.6 is 0 Å². The van der Waals surface area contributed by atoms with Crippen LogP contribution in [-0.2, 0) is 19.1 Å². The lowest BCUT2D eigenvalue weighted by Gasteiger charge is -2.25. The van der Waals surface area contributed by atoms with E-state index in [2.05, 4.69) is 38.7 Å². The van der Waals surface area contributed by atoms with E-state index in [4.69, 9.17) is 0 Å². The first-order valence-corrected chi connectivity index (χ1v) is 10.8. The van der Waals surface area contributed by atoms with Gasteiger partial charge in [-0.1, -0.05) is 13.8 Å². The zero-order valence-electron chi connectivity index (χ0n) is 18.4. The molecule has 3 aromatic heterocycles. The maximum Gasteiger partial charge on any atom is 0.416 e. The van der Waals surface area contributed by atoms with Crippen LogP contribution in [-0.4, -0.2) is 34.6 Å². The molecule has 0 aliphatic carbocycles. The quantitative estimate of drug-likeness (QED) is 0.467. The molecule has 1 atom stereocenters. The van der Waals surface area contributed by atoms with Crippen molar-refractivity contribution in [1.29, 1.82) is 0 Å². The minimum Gasteiger partial charge on any atom is -0.507 e. The van der Waals surface area contributed by atoms with Gasteiger partial charge in [0.15, 0.2) is 5.65 Å². The molecule has 33 heavy (non-hydrogen) atoms. The topological polar surface area (TPSA) is 81.6 Å². The van der Waals surface area contributed by atoms with E-state index in [9.17, 15) is 18.3 Å². The molecule has 4 heterocycles. The van der Waals surface area contributed by atoms with E-state index in [1.807, 2.05) is 16.9 Å². The summed E-state index contributed by atoms with van der Waals surface area (Å²) in [6, 6.07) is 5.39. The highest BCUT2D eigenvalue weighted by molar-refractivity contribution is 5.80. The van der Waals surface area contributed by atoms with Crippen LogP contribution in [0.1, 0.15) is 55.0 Å². The molecule has 0 amide bonds. The molecule has 0 spiro atoms. The fourth-order valence-corrected chi connectivity index (χ4v) is 4.49. The van der Waals surface area contributed by atoms with Gasteiger partial charge < -0.3 is 9.67 Å². The second-order valence-electron chi connectivity index (χ2n) is 8.84. The first kappa shape index (κ1) is 21.4. The first-order chi connectivity index (χ1) is 15.6. The number of fused-ring (bicyclic) bond motifs is 2. The molecule has 1 aromatic carbocycles. The predicted octanol–water partition coefficient (Wildman–Crippen LogP) is 5.03. The third-order valence-corrected chi connectivity index (χ3v) is 6.13. The predicted molar refractivity (Wildman–Crippen MR) is 116 cm³/mol. The fourth-order valence-electron chi connectivity index (χ4n) is 4.49. The highest BCUT2D eigenvalue weighted by atomic mass is 19.4. The Morgan fingerprint density at radius 2 is 1.94 bits per heavy atom. The number of alkyl halides is 3. The molecular formula is C23H23F3N6O. The lowest BCUT2D eigenvalue weighted by Crippen LogP contribution is -2.25. The first-order valence-electron chi connectivity index (χ1n) is 10.8. The summed E-state index contributed by atoms with van der Waals surface area (Å²) < 4.78 is 43.2. The maximum atomic E-state index is 13.1. The largest absolute Gasteiger partial charge is 0.507 e. The summed E-state index contributed by atoms with van der Waals surface area (Å²) in [5, 5.41) is 24.5. The Balaban J connectivity index is 1.49. The summed E-state index contributed by atoms with van der Waals surface area (Å²) in [4.78, 5) is 4.55. The van der Waals surface area contributed by atoms with Gasteiger partial charge in [0.25, 0.3) is 0 Å².